The fourth-order valence-electron chi connectivity index (χ4n) is 0.951. The lowest BCUT2D eigenvalue weighted by molar-refractivity contribution is -0.128. The Kier molecular flexibility index (Phi) is 3.48. The average Bonchev–Trinajstić information content (AvgIpc) is 2.16. The minimum absolute atomic E-state index is 0.190. The van der Waals surface area contributed by atoms with E-state index in [0.717, 1.165) is 5.56 Å². The van der Waals surface area contributed by atoms with Gasteiger partial charge in [0.25, 0.3) is 0 Å². The fraction of sp³-hybridized carbons (Fsp3) is 0.300. The van der Waals surface area contributed by atoms with Crippen LogP contribution in [0.3, 0.4) is 0 Å². The zero-order valence-corrected chi connectivity index (χ0v) is 7.90. The Bertz CT molecular complexity index is 306. The molecule has 0 aliphatic rings. The third-order valence-corrected chi connectivity index (χ3v) is 1.78. The SMILES string of the molecule is CC(O)C(=O)NCc1ccc(O)cc1. The normalized spacial score (nSPS) is 12.1. The molecule has 0 fully saturated rings. The van der Waals surface area contributed by atoms with E-state index in [1.54, 1.807) is 24.3 Å². The fourth-order valence-corrected chi connectivity index (χ4v) is 0.951. The van der Waals surface area contributed by atoms with Crippen molar-refractivity contribution in [3.8, 4) is 5.75 Å². The van der Waals surface area contributed by atoms with E-state index in [2.05, 4.69) is 5.32 Å². The standard InChI is InChI=1S/C10H13NO3/c1-7(12)10(14)11-6-8-2-4-9(13)5-3-8/h2-5,7,12-13H,6H2,1H3,(H,11,14). The van der Waals surface area contributed by atoms with E-state index in [1.165, 1.54) is 6.92 Å². The Morgan fingerprint density at radius 3 is 2.50 bits per heavy atom. The number of phenolic OH excluding ortho intramolecular Hbond substituents is 1. The Morgan fingerprint density at radius 1 is 1.43 bits per heavy atom. The smallest absolute Gasteiger partial charge is 0.248 e. The van der Waals surface area contributed by atoms with Gasteiger partial charge < -0.3 is 15.5 Å². The average molecular weight is 195 g/mol. The molecule has 4 heteroatoms. The molecular weight excluding hydrogens is 182 g/mol. The molecule has 1 aromatic rings. The lowest BCUT2D eigenvalue weighted by atomic mass is 10.2. The molecule has 3 N–H and O–H groups in total. The second-order valence-corrected chi connectivity index (χ2v) is 3.06. The molecule has 14 heavy (non-hydrogen) atoms. The van der Waals surface area contributed by atoms with E-state index in [4.69, 9.17) is 10.2 Å². The van der Waals surface area contributed by atoms with E-state index in [9.17, 15) is 4.79 Å². The number of hydrogen-bond donors (Lipinski definition) is 3. The van der Waals surface area contributed by atoms with Gasteiger partial charge in [-0.15, -0.1) is 0 Å². The van der Waals surface area contributed by atoms with Crippen LogP contribution in [0.2, 0.25) is 0 Å². The van der Waals surface area contributed by atoms with Crippen molar-refractivity contribution < 1.29 is 15.0 Å². The van der Waals surface area contributed by atoms with Gasteiger partial charge in [-0.25, -0.2) is 0 Å². The zero-order valence-electron chi connectivity index (χ0n) is 7.90. The Balaban J connectivity index is 2.46. The highest BCUT2D eigenvalue weighted by atomic mass is 16.3. The second kappa shape index (κ2) is 4.62. The summed E-state index contributed by atoms with van der Waals surface area (Å²) in [5, 5.41) is 20.4. The van der Waals surface area contributed by atoms with Crippen LogP contribution in [0.5, 0.6) is 5.75 Å². The molecule has 0 bridgehead atoms. The van der Waals surface area contributed by atoms with Crippen molar-refractivity contribution >= 4 is 5.91 Å². The van der Waals surface area contributed by atoms with Crippen molar-refractivity contribution in [3.63, 3.8) is 0 Å². The van der Waals surface area contributed by atoms with Gasteiger partial charge >= 0.3 is 0 Å². The number of carbonyl (C=O) groups is 1. The number of aliphatic hydroxyl groups excluding tert-OH is 1. The highest BCUT2D eigenvalue weighted by Crippen LogP contribution is 2.09. The molecular formula is C10H13NO3. The molecule has 0 spiro atoms. The van der Waals surface area contributed by atoms with Gasteiger partial charge in [-0.1, -0.05) is 12.1 Å². The minimum atomic E-state index is -0.993. The van der Waals surface area contributed by atoms with Crippen LogP contribution in [0.25, 0.3) is 0 Å². The molecule has 0 aromatic heterocycles. The van der Waals surface area contributed by atoms with Gasteiger partial charge in [-0.2, -0.15) is 0 Å². The monoisotopic (exact) mass is 195 g/mol. The molecule has 0 saturated carbocycles. The summed E-state index contributed by atoms with van der Waals surface area (Å²) in [6, 6.07) is 6.50. The van der Waals surface area contributed by atoms with Crippen molar-refractivity contribution in [1.29, 1.82) is 0 Å². The molecule has 0 heterocycles. The predicted octanol–water partition coefficient (Wildman–Crippen LogP) is 0.389. The van der Waals surface area contributed by atoms with Gasteiger partial charge in [-0.3, -0.25) is 4.79 Å². The van der Waals surface area contributed by atoms with E-state index in [0.29, 0.717) is 6.54 Å². The number of benzene rings is 1. The van der Waals surface area contributed by atoms with Gasteiger partial charge in [0, 0.05) is 6.54 Å². The van der Waals surface area contributed by atoms with Crippen LogP contribution in [0.15, 0.2) is 24.3 Å². The summed E-state index contributed by atoms with van der Waals surface area (Å²) in [4.78, 5) is 11.0. The molecule has 1 rings (SSSR count). The van der Waals surface area contributed by atoms with Crippen LogP contribution < -0.4 is 5.32 Å². The summed E-state index contributed by atoms with van der Waals surface area (Å²) >= 11 is 0. The lowest BCUT2D eigenvalue weighted by Crippen LogP contribution is -2.31. The molecule has 0 aliphatic heterocycles. The van der Waals surface area contributed by atoms with Crippen molar-refractivity contribution in [2.45, 2.75) is 19.6 Å². The third kappa shape index (κ3) is 3.06. The molecule has 1 atom stereocenters. The molecule has 1 amide bonds. The minimum Gasteiger partial charge on any atom is -0.508 e. The quantitative estimate of drug-likeness (QED) is 0.653. The number of phenols is 1. The summed E-state index contributed by atoms with van der Waals surface area (Å²) in [7, 11) is 0. The van der Waals surface area contributed by atoms with Crippen molar-refractivity contribution in [2.24, 2.45) is 0 Å². The van der Waals surface area contributed by atoms with Crippen LogP contribution in [-0.2, 0) is 11.3 Å². The summed E-state index contributed by atoms with van der Waals surface area (Å²) in [6.45, 7) is 1.76. The largest absolute Gasteiger partial charge is 0.508 e. The summed E-state index contributed by atoms with van der Waals surface area (Å²) < 4.78 is 0. The lowest BCUT2D eigenvalue weighted by Gasteiger charge is -2.06. The first kappa shape index (κ1) is 10.5. The summed E-state index contributed by atoms with van der Waals surface area (Å²) in [5.41, 5.74) is 0.872. The highest BCUT2D eigenvalue weighted by molar-refractivity contribution is 5.79. The molecule has 4 nitrogen and oxygen atoms in total. The molecule has 76 valence electrons. The first-order valence-corrected chi connectivity index (χ1v) is 4.33. The maximum atomic E-state index is 11.0. The first-order valence-electron chi connectivity index (χ1n) is 4.33. The van der Waals surface area contributed by atoms with E-state index < -0.39 is 12.0 Å². The number of nitrogens with one attached hydrogen (secondary N) is 1. The van der Waals surface area contributed by atoms with Crippen molar-refractivity contribution in [3.05, 3.63) is 29.8 Å². The third-order valence-electron chi connectivity index (χ3n) is 1.78. The predicted molar refractivity (Wildman–Crippen MR) is 51.6 cm³/mol. The molecule has 0 saturated heterocycles. The zero-order chi connectivity index (χ0) is 10.6. The van der Waals surface area contributed by atoms with Crippen LogP contribution >= 0.6 is 0 Å². The van der Waals surface area contributed by atoms with Crippen LogP contribution in [0.4, 0.5) is 0 Å². The number of rotatable bonds is 3. The van der Waals surface area contributed by atoms with Crippen LogP contribution in [0, 0.1) is 0 Å². The topological polar surface area (TPSA) is 69.6 Å². The first-order chi connectivity index (χ1) is 6.59. The number of carbonyl (C=O) groups excluding carboxylic acids is 1. The number of aliphatic hydroxyl groups is 1. The van der Waals surface area contributed by atoms with Gasteiger partial charge in [0.15, 0.2) is 0 Å². The maximum Gasteiger partial charge on any atom is 0.248 e. The number of amides is 1. The summed E-state index contributed by atoms with van der Waals surface area (Å²) in [6.07, 6.45) is -0.993. The number of aromatic hydroxyl groups is 1. The van der Waals surface area contributed by atoms with Gasteiger partial charge in [0.1, 0.15) is 11.9 Å². The van der Waals surface area contributed by atoms with Gasteiger partial charge in [0.2, 0.25) is 5.91 Å². The van der Waals surface area contributed by atoms with E-state index >= 15 is 0 Å². The Labute approximate surface area is 82.2 Å². The van der Waals surface area contributed by atoms with Gasteiger partial charge in [0.05, 0.1) is 0 Å². The maximum absolute atomic E-state index is 11.0. The number of hydrogen-bond acceptors (Lipinski definition) is 3. The van der Waals surface area contributed by atoms with E-state index in [1.807, 2.05) is 0 Å². The van der Waals surface area contributed by atoms with Crippen LogP contribution in [-0.4, -0.2) is 22.2 Å². The van der Waals surface area contributed by atoms with Crippen LogP contribution in [0.1, 0.15) is 12.5 Å². The van der Waals surface area contributed by atoms with Crippen molar-refractivity contribution in [2.75, 3.05) is 0 Å². The summed E-state index contributed by atoms with van der Waals surface area (Å²) in [5.74, 6) is -0.214. The highest BCUT2D eigenvalue weighted by Gasteiger charge is 2.06. The van der Waals surface area contributed by atoms with Crippen molar-refractivity contribution in [1.82, 2.24) is 5.32 Å². The Morgan fingerprint density at radius 2 is 2.00 bits per heavy atom. The molecule has 0 radical (unpaired) electrons. The second-order valence-electron chi connectivity index (χ2n) is 3.06. The molecule has 0 aliphatic carbocycles. The Hall–Kier alpha value is -1.55. The molecule has 1 unspecified atom stereocenters. The van der Waals surface area contributed by atoms with E-state index in [-0.39, 0.29) is 5.75 Å². The van der Waals surface area contributed by atoms with Gasteiger partial charge in [-0.05, 0) is 24.6 Å². The molecule has 1 aromatic carbocycles.